The van der Waals surface area contributed by atoms with Gasteiger partial charge < -0.3 is 4.90 Å². The van der Waals surface area contributed by atoms with E-state index in [1.165, 1.54) is 0 Å². The van der Waals surface area contributed by atoms with Crippen molar-refractivity contribution < 1.29 is 4.79 Å². The average molecular weight is 325 g/mol. The molecule has 1 aromatic carbocycles. The molecule has 1 aliphatic rings. The highest BCUT2D eigenvalue weighted by Gasteiger charge is 2.27. The van der Waals surface area contributed by atoms with E-state index in [4.69, 9.17) is 0 Å². The molecule has 1 aliphatic heterocycles. The Kier molecular flexibility index (Phi) is 5.06. The molecule has 4 nitrogen and oxygen atoms in total. The van der Waals surface area contributed by atoms with E-state index in [1.807, 2.05) is 52.7 Å². The summed E-state index contributed by atoms with van der Waals surface area (Å²) < 4.78 is 0. The van der Waals surface area contributed by atoms with Crippen molar-refractivity contribution in [2.45, 2.75) is 12.5 Å². The fourth-order valence-electron chi connectivity index (χ4n) is 2.88. The van der Waals surface area contributed by atoms with Crippen molar-refractivity contribution in [2.75, 3.05) is 26.2 Å². The minimum Gasteiger partial charge on any atom is -0.340 e. The van der Waals surface area contributed by atoms with Crippen molar-refractivity contribution in [3.8, 4) is 6.07 Å². The molecular weight excluding hydrogens is 306 g/mol. The second-order valence-electron chi connectivity index (χ2n) is 5.63. The van der Waals surface area contributed by atoms with Crippen molar-refractivity contribution in [2.24, 2.45) is 0 Å². The molecular formula is C18H19N3OS. The first-order chi connectivity index (χ1) is 11.3. The molecule has 23 heavy (non-hydrogen) atoms. The predicted octanol–water partition coefficient (Wildman–Crippen LogP) is 2.70. The minimum absolute atomic E-state index is 0.167. The SMILES string of the molecule is N#CC(c1cccs1)N1CCN(C(=O)Cc2ccccc2)CC1. The Morgan fingerprint density at radius 2 is 1.87 bits per heavy atom. The first-order valence-corrected chi connectivity index (χ1v) is 8.64. The Morgan fingerprint density at radius 3 is 2.48 bits per heavy atom. The summed E-state index contributed by atoms with van der Waals surface area (Å²) in [4.78, 5) is 17.5. The van der Waals surface area contributed by atoms with E-state index in [0.717, 1.165) is 23.5 Å². The van der Waals surface area contributed by atoms with Gasteiger partial charge >= 0.3 is 0 Å². The molecule has 1 atom stereocenters. The Labute approximate surface area is 140 Å². The normalized spacial score (nSPS) is 16.7. The second kappa shape index (κ2) is 7.40. The molecule has 1 saturated heterocycles. The summed E-state index contributed by atoms with van der Waals surface area (Å²) in [7, 11) is 0. The van der Waals surface area contributed by atoms with Gasteiger partial charge in [-0.25, -0.2) is 0 Å². The molecule has 2 heterocycles. The van der Waals surface area contributed by atoms with Crippen LogP contribution in [0.4, 0.5) is 0 Å². The first-order valence-electron chi connectivity index (χ1n) is 7.76. The Morgan fingerprint density at radius 1 is 1.13 bits per heavy atom. The lowest BCUT2D eigenvalue weighted by Crippen LogP contribution is -2.49. The maximum atomic E-state index is 12.4. The van der Waals surface area contributed by atoms with E-state index in [1.54, 1.807) is 11.3 Å². The molecule has 0 saturated carbocycles. The van der Waals surface area contributed by atoms with Gasteiger partial charge in [-0.15, -0.1) is 11.3 Å². The molecule has 1 amide bonds. The number of hydrogen-bond acceptors (Lipinski definition) is 4. The molecule has 2 aromatic rings. The van der Waals surface area contributed by atoms with Crippen LogP contribution < -0.4 is 0 Å². The lowest BCUT2D eigenvalue weighted by molar-refractivity contribution is -0.132. The third kappa shape index (κ3) is 3.79. The summed E-state index contributed by atoms with van der Waals surface area (Å²) in [6.07, 6.45) is 0.452. The van der Waals surface area contributed by atoms with Gasteiger partial charge in [-0.1, -0.05) is 36.4 Å². The topological polar surface area (TPSA) is 47.3 Å². The van der Waals surface area contributed by atoms with Crippen LogP contribution in [0.15, 0.2) is 47.8 Å². The number of rotatable bonds is 4. The number of nitriles is 1. The van der Waals surface area contributed by atoms with Crippen LogP contribution in [-0.4, -0.2) is 41.9 Å². The van der Waals surface area contributed by atoms with Crippen LogP contribution in [0.25, 0.3) is 0 Å². The number of hydrogen-bond donors (Lipinski definition) is 0. The third-order valence-corrected chi connectivity index (χ3v) is 5.09. The summed E-state index contributed by atoms with van der Waals surface area (Å²) in [5.74, 6) is 0.167. The smallest absolute Gasteiger partial charge is 0.227 e. The minimum atomic E-state index is -0.193. The zero-order chi connectivity index (χ0) is 16.1. The van der Waals surface area contributed by atoms with E-state index >= 15 is 0 Å². The van der Waals surface area contributed by atoms with Crippen LogP contribution in [0, 0.1) is 11.3 Å². The third-order valence-electron chi connectivity index (χ3n) is 4.17. The number of carbonyl (C=O) groups is 1. The lowest BCUT2D eigenvalue weighted by Gasteiger charge is -2.36. The summed E-state index contributed by atoms with van der Waals surface area (Å²) in [6.45, 7) is 2.87. The number of amides is 1. The van der Waals surface area contributed by atoms with Crippen LogP contribution in [0.1, 0.15) is 16.5 Å². The zero-order valence-corrected chi connectivity index (χ0v) is 13.7. The van der Waals surface area contributed by atoms with Crippen LogP contribution in [0.3, 0.4) is 0 Å². The maximum absolute atomic E-state index is 12.4. The predicted molar refractivity (Wildman–Crippen MR) is 91.0 cm³/mol. The molecule has 3 rings (SSSR count). The molecule has 118 valence electrons. The van der Waals surface area contributed by atoms with Gasteiger partial charge in [0, 0.05) is 31.1 Å². The number of nitrogens with zero attached hydrogens (tertiary/aromatic N) is 3. The maximum Gasteiger partial charge on any atom is 0.227 e. The molecule has 5 heteroatoms. The number of benzene rings is 1. The van der Waals surface area contributed by atoms with Gasteiger partial charge in [-0.2, -0.15) is 5.26 Å². The standard InChI is InChI=1S/C18H19N3OS/c19-14-16(17-7-4-12-23-17)20-8-10-21(11-9-20)18(22)13-15-5-2-1-3-6-15/h1-7,12,16H,8-11,13H2. The van der Waals surface area contributed by atoms with E-state index in [-0.39, 0.29) is 11.9 Å². The quantitative estimate of drug-likeness (QED) is 0.868. The summed E-state index contributed by atoms with van der Waals surface area (Å²) in [5.41, 5.74) is 1.05. The van der Waals surface area contributed by atoms with E-state index in [9.17, 15) is 10.1 Å². The number of piperazine rings is 1. The van der Waals surface area contributed by atoms with Crippen molar-refractivity contribution >= 4 is 17.2 Å². The molecule has 1 aromatic heterocycles. The Balaban J connectivity index is 1.56. The van der Waals surface area contributed by atoms with Gasteiger partial charge in [0.1, 0.15) is 6.04 Å². The van der Waals surface area contributed by atoms with Crippen LogP contribution in [0.5, 0.6) is 0 Å². The Bertz CT molecular complexity index is 670. The molecule has 0 bridgehead atoms. The Hall–Kier alpha value is -2.16. The number of carbonyl (C=O) groups excluding carboxylic acids is 1. The van der Waals surface area contributed by atoms with E-state index in [0.29, 0.717) is 19.5 Å². The van der Waals surface area contributed by atoms with Crippen molar-refractivity contribution in [1.82, 2.24) is 9.80 Å². The van der Waals surface area contributed by atoms with Gasteiger partial charge in [-0.05, 0) is 17.0 Å². The van der Waals surface area contributed by atoms with Gasteiger partial charge in [0.2, 0.25) is 5.91 Å². The van der Waals surface area contributed by atoms with E-state index in [2.05, 4.69) is 11.0 Å². The monoisotopic (exact) mass is 325 g/mol. The average Bonchev–Trinajstić information content (AvgIpc) is 3.11. The largest absolute Gasteiger partial charge is 0.340 e. The molecule has 0 spiro atoms. The highest BCUT2D eigenvalue weighted by Crippen LogP contribution is 2.25. The molecule has 0 radical (unpaired) electrons. The van der Waals surface area contributed by atoms with Gasteiger partial charge in [0.25, 0.3) is 0 Å². The van der Waals surface area contributed by atoms with E-state index < -0.39 is 0 Å². The molecule has 0 aliphatic carbocycles. The molecule has 1 unspecified atom stereocenters. The van der Waals surface area contributed by atoms with Gasteiger partial charge in [-0.3, -0.25) is 9.69 Å². The van der Waals surface area contributed by atoms with Crippen molar-refractivity contribution in [3.63, 3.8) is 0 Å². The molecule has 1 fully saturated rings. The first kappa shape index (κ1) is 15.7. The highest BCUT2D eigenvalue weighted by atomic mass is 32.1. The van der Waals surface area contributed by atoms with Crippen molar-refractivity contribution in [1.29, 1.82) is 5.26 Å². The summed E-state index contributed by atoms with van der Waals surface area (Å²) in [5, 5.41) is 11.5. The number of thiophene rings is 1. The summed E-state index contributed by atoms with van der Waals surface area (Å²) >= 11 is 1.61. The van der Waals surface area contributed by atoms with Gasteiger partial charge in [0.15, 0.2) is 0 Å². The van der Waals surface area contributed by atoms with Crippen LogP contribution in [-0.2, 0) is 11.2 Å². The van der Waals surface area contributed by atoms with Gasteiger partial charge in [0.05, 0.1) is 12.5 Å². The highest BCUT2D eigenvalue weighted by molar-refractivity contribution is 7.10. The summed E-state index contributed by atoms with van der Waals surface area (Å²) in [6, 6.07) is 16.0. The fourth-order valence-corrected chi connectivity index (χ4v) is 3.69. The van der Waals surface area contributed by atoms with Crippen molar-refractivity contribution in [3.05, 3.63) is 58.3 Å². The zero-order valence-electron chi connectivity index (χ0n) is 12.9. The fraction of sp³-hybridized carbons (Fsp3) is 0.333. The van der Waals surface area contributed by atoms with Crippen LogP contribution >= 0.6 is 11.3 Å². The molecule has 0 N–H and O–H groups in total. The lowest BCUT2D eigenvalue weighted by atomic mass is 10.1. The van der Waals surface area contributed by atoms with Crippen LogP contribution in [0.2, 0.25) is 0 Å². The second-order valence-corrected chi connectivity index (χ2v) is 6.61.